The van der Waals surface area contributed by atoms with E-state index in [9.17, 15) is 0 Å². The number of para-hydroxylation sites is 2. The molecule has 0 saturated carbocycles. The summed E-state index contributed by atoms with van der Waals surface area (Å²) in [5.41, 5.74) is 2.53. The van der Waals surface area contributed by atoms with Gasteiger partial charge in [0.1, 0.15) is 0 Å². The van der Waals surface area contributed by atoms with Crippen molar-refractivity contribution >= 4 is 41.9 Å². The minimum absolute atomic E-state index is 0.721. The molecule has 0 spiro atoms. The average Bonchev–Trinajstić information content (AvgIpc) is 2.63. The summed E-state index contributed by atoms with van der Waals surface area (Å²) < 4.78 is 2.27. The van der Waals surface area contributed by atoms with Crippen LogP contribution in [0.5, 0.6) is 0 Å². The maximum absolute atomic E-state index is 6.13. The minimum atomic E-state index is -0.721. The summed E-state index contributed by atoms with van der Waals surface area (Å²) in [7, 11) is -0.721. The summed E-state index contributed by atoms with van der Waals surface area (Å²) in [5, 5.41) is 2.61. The predicted octanol–water partition coefficient (Wildman–Crippen LogP) is 2.88. The number of fused-ring (bicyclic) bond motifs is 3. The molecule has 1 nitrogen and oxygen atoms in total. The zero-order chi connectivity index (χ0) is 10.3. The first kappa shape index (κ1) is 9.01. The Kier molecular flexibility index (Phi) is 2.04. The monoisotopic (exact) mass is 231 g/mol. The van der Waals surface area contributed by atoms with Crippen molar-refractivity contribution < 1.29 is 0 Å². The smallest absolute Gasteiger partial charge is 0.229 e. The second kappa shape index (κ2) is 3.40. The molecule has 0 aliphatic rings. The van der Waals surface area contributed by atoms with Gasteiger partial charge in [0.05, 0.1) is 0 Å². The van der Waals surface area contributed by atoms with Crippen molar-refractivity contribution in [3.63, 3.8) is 0 Å². The standard InChI is InChI=1S/C12H10ClNSi/c13-15-14-11-7-3-1-5-9(11)10-6-2-4-8-12(10)14/h1-8H,15H2. The molecule has 2 aromatic carbocycles. The molecule has 0 bridgehead atoms. The van der Waals surface area contributed by atoms with E-state index in [0.29, 0.717) is 0 Å². The van der Waals surface area contributed by atoms with Crippen LogP contribution in [0, 0.1) is 0 Å². The van der Waals surface area contributed by atoms with E-state index in [1.54, 1.807) is 0 Å². The van der Waals surface area contributed by atoms with Gasteiger partial charge in [-0.2, -0.15) is 0 Å². The number of aromatic nitrogens is 1. The van der Waals surface area contributed by atoms with E-state index >= 15 is 0 Å². The lowest BCUT2D eigenvalue weighted by molar-refractivity contribution is 1.38. The van der Waals surface area contributed by atoms with Gasteiger partial charge in [-0.15, -0.1) is 11.1 Å². The van der Waals surface area contributed by atoms with Crippen LogP contribution in [-0.2, 0) is 0 Å². The highest BCUT2D eigenvalue weighted by atomic mass is 35.6. The minimum Gasteiger partial charge on any atom is -0.359 e. The van der Waals surface area contributed by atoms with Gasteiger partial charge >= 0.3 is 0 Å². The molecule has 0 fully saturated rings. The number of hydrogen-bond donors (Lipinski definition) is 0. The average molecular weight is 232 g/mol. The Bertz CT molecular complexity index is 576. The van der Waals surface area contributed by atoms with Crippen LogP contribution in [0.2, 0.25) is 0 Å². The maximum Gasteiger partial charge on any atom is 0.229 e. The number of rotatable bonds is 1. The third-order valence-electron chi connectivity index (χ3n) is 2.80. The summed E-state index contributed by atoms with van der Waals surface area (Å²) in [4.78, 5) is 0. The fourth-order valence-electron chi connectivity index (χ4n) is 2.13. The molecule has 1 aromatic heterocycles. The normalized spacial score (nSPS) is 12.1. The Hall–Kier alpha value is -1.25. The Balaban J connectivity index is 2.62. The predicted molar refractivity (Wildman–Crippen MR) is 69.2 cm³/mol. The lowest BCUT2D eigenvalue weighted by Gasteiger charge is -1.99. The quantitative estimate of drug-likeness (QED) is 0.448. The van der Waals surface area contributed by atoms with Crippen molar-refractivity contribution in [3.8, 4) is 0 Å². The third kappa shape index (κ3) is 1.22. The number of benzene rings is 2. The molecule has 0 radical (unpaired) electrons. The van der Waals surface area contributed by atoms with Gasteiger partial charge in [-0.1, -0.05) is 36.4 Å². The molecule has 0 amide bonds. The molecular weight excluding hydrogens is 222 g/mol. The molecule has 74 valence electrons. The van der Waals surface area contributed by atoms with Crippen LogP contribution in [0.25, 0.3) is 21.8 Å². The van der Waals surface area contributed by atoms with Crippen LogP contribution in [0.4, 0.5) is 0 Å². The van der Waals surface area contributed by atoms with E-state index < -0.39 is 8.99 Å². The zero-order valence-corrected chi connectivity index (χ0v) is 10.3. The third-order valence-corrected chi connectivity index (χ3v) is 4.44. The van der Waals surface area contributed by atoms with E-state index in [4.69, 9.17) is 11.1 Å². The molecular formula is C12H10ClNSi. The second-order valence-corrected chi connectivity index (χ2v) is 5.17. The van der Waals surface area contributed by atoms with Gasteiger partial charge in [0.15, 0.2) is 0 Å². The fourth-order valence-corrected chi connectivity index (χ4v) is 3.71. The Labute approximate surface area is 94.9 Å². The van der Waals surface area contributed by atoms with Gasteiger partial charge in [-0.05, 0) is 12.1 Å². The van der Waals surface area contributed by atoms with Crippen LogP contribution >= 0.6 is 11.1 Å². The molecule has 0 aliphatic heterocycles. The number of halogens is 1. The van der Waals surface area contributed by atoms with Crippen LogP contribution in [0.15, 0.2) is 48.5 Å². The molecule has 0 aliphatic carbocycles. The Morgan fingerprint density at radius 1 is 0.800 bits per heavy atom. The van der Waals surface area contributed by atoms with Crippen LogP contribution < -0.4 is 0 Å². The molecule has 0 unspecified atom stereocenters. The van der Waals surface area contributed by atoms with E-state index in [0.717, 1.165) is 0 Å². The van der Waals surface area contributed by atoms with Crippen LogP contribution in [-0.4, -0.2) is 13.2 Å². The number of hydrogen-bond acceptors (Lipinski definition) is 0. The molecule has 15 heavy (non-hydrogen) atoms. The summed E-state index contributed by atoms with van der Waals surface area (Å²) in [6.45, 7) is 0. The maximum atomic E-state index is 6.13. The first-order valence-electron chi connectivity index (χ1n) is 4.94. The van der Waals surface area contributed by atoms with Crippen molar-refractivity contribution in [1.82, 2.24) is 4.23 Å². The van der Waals surface area contributed by atoms with E-state index in [1.807, 2.05) is 0 Å². The topological polar surface area (TPSA) is 4.93 Å². The Morgan fingerprint density at radius 2 is 1.27 bits per heavy atom. The van der Waals surface area contributed by atoms with E-state index in [1.165, 1.54) is 21.8 Å². The molecule has 1 heterocycles. The molecule has 3 rings (SSSR count). The lowest BCUT2D eigenvalue weighted by atomic mass is 10.2. The van der Waals surface area contributed by atoms with Crippen molar-refractivity contribution in [2.75, 3.05) is 0 Å². The molecule has 0 atom stereocenters. The summed E-state index contributed by atoms with van der Waals surface area (Å²) in [5.74, 6) is 0. The first-order valence-corrected chi connectivity index (χ1v) is 7.71. The van der Waals surface area contributed by atoms with Gasteiger partial charge in [-0.25, -0.2) is 0 Å². The SMILES string of the molecule is Cl[SiH2]n1c2ccccc2c2ccccc21. The van der Waals surface area contributed by atoms with Crippen molar-refractivity contribution in [2.45, 2.75) is 0 Å². The molecule has 3 aromatic rings. The largest absolute Gasteiger partial charge is 0.359 e. The van der Waals surface area contributed by atoms with Gasteiger partial charge in [0, 0.05) is 21.8 Å². The number of nitrogens with zero attached hydrogens (tertiary/aromatic N) is 1. The van der Waals surface area contributed by atoms with E-state index in [-0.39, 0.29) is 0 Å². The zero-order valence-electron chi connectivity index (χ0n) is 8.15. The van der Waals surface area contributed by atoms with Crippen LogP contribution in [0.3, 0.4) is 0 Å². The Morgan fingerprint density at radius 3 is 1.73 bits per heavy atom. The van der Waals surface area contributed by atoms with E-state index in [2.05, 4.69) is 52.8 Å². The summed E-state index contributed by atoms with van der Waals surface area (Å²) in [6, 6.07) is 16.9. The lowest BCUT2D eigenvalue weighted by Crippen LogP contribution is -1.97. The molecule has 0 saturated heterocycles. The van der Waals surface area contributed by atoms with Crippen molar-refractivity contribution in [1.29, 1.82) is 0 Å². The van der Waals surface area contributed by atoms with Gasteiger partial charge < -0.3 is 4.23 Å². The highest BCUT2D eigenvalue weighted by Gasteiger charge is 2.07. The summed E-state index contributed by atoms with van der Waals surface area (Å²) >= 11 is 6.13. The van der Waals surface area contributed by atoms with Gasteiger partial charge in [0.25, 0.3) is 0 Å². The molecule has 0 N–H and O–H groups in total. The fraction of sp³-hybridized carbons (Fsp3) is 0. The second-order valence-electron chi connectivity index (χ2n) is 3.58. The van der Waals surface area contributed by atoms with Crippen molar-refractivity contribution in [3.05, 3.63) is 48.5 Å². The van der Waals surface area contributed by atoms with Gasteiger partial charge in [0.2, 0.25) is 8.99 Å². The molecule has 3 heteroatoms. The van der Waals surface area contributed by atoms with Gasteiger partial charge in [-0.3, -0.25) is 0 Å². The first-order chi connectivity index (χ1) is 7.42. The van der Waals surface area contributed by atoms with Crippen LogP contribution in [0.1, 0.15) is 0 Å². The van der Waals surface area contributed by atoms with Crippen molar-refractivity contribution in [2.24, 2.45) is 0 Å². The summed E-state index contributed by atoms with van der Waals surface area (Å²) in [6.07, 6.45) is 0. The highest BCUT2D eigenvalue weighted by molar-refractivity contribution is 6.93. The highest BCUT2D eigenvalue weighted by Crippen LogP contribution is 2.27.